The van der Waals surface area contributed by atoms with E-state index in [2.05, 4.69) is 20.4 Å². The molecule has 0 bridgehead atoms. The van der Waals surface area contributed by atoms with Crippen LogP contribution >= 0.6 is 0 Å². The largest absolute Gasteiger partial charge is 0.493 e. The summed E-state index contributed by atoms with van der Waals surface area (Å²) in [6.45, 7) is 1.70. The molecule has 0 unspecified atom stereocenters. The maximum Gasteiger partial charge on any atom is 0.326 e. The maximum atomic E-state index is 12.3. The smallest absolute Gasteiger partial charge is 0.326 e. The van der Waals surface area contributed by atoms with Crippen LogP contribution in [0, 0.1) is 0 Å². The number of carbonyl (C=O) groups is 2. The topological polar surface area (TPSA) is 139 Å². The number of aromatic hydroxyl groups is 1. The molecule has 0 spiro atoms. The molecule has 10 heteroatoms. The minimum Gasteiger partial charge on any atom is -0.493 e. The van der Waals surface area contributed by atoms with Crippen LogP contribution in [0.4, 0.5) is 5.69 Å². The average molecular weight is 395 g/mol. The number of fused-ring (bicyclic) bond motifs is 1. The van der Waals surface area contributed by atoms with Gasteiger partial charge in [0.2, 0.25) is 5.88 Å². The van der Waals surface area contributed by atoms with E-state index in [0.717, 1.165) is 6.21 Å². The highest BCUT2D eigenvalue weighted by Crippen LogP contribution is 2.38. The van der Waals surface area contributed by atoms with Gasteiger partial charge in [-0.2, -0.15) is 0 Å². The number of rotatable bonds is 6. The number of carbonyl (C=O) groups excluding carboxylic acids is 2. The van der Waals surface area contributed by atoms with E-state index in [1.807, 2.05) is 0 Å². The van der Waals surface area contributed by atoms with Crippen molar-refractivity contribution in [1.82, 2.24) is 9.55 Å². The molecule has 29 heavy (non-hydrogen) atoms. The summed E-state index contributed by atoms with van der Waals surface area (Å²) in [5.41, 5.74) is 1.14. The number of amides is 1. The van der Waals surface area contributed by atoms with E-state index in [4.69, 9.17) is 9.94 Å². The molecule has 10 nitrogen and oxygen atoms in total. The first kappa shape index (κ1) is 19.7. The van der Waals surface area contributed by atoms with Crippen molar-refractivity contribution in [3.8, 4) is 5.88 Å². The molecule has 0 radical (unpaired) electrons. The summed E-state index contributed by atoms with van der Waals surface area (Å²) in [4.78, 5) is 28.0. The number of hydrogen-bond donors (Lipinski definition) is 2. The first-order valence-electron chi connectivity index (χ1n) is 8.60. The lowest BCUT2D eigenvalue weighted by Crippen LogP contribution is -2.12. The Bertz CT molecular complexity index is 1100. The van der Waals surface area contributed by atoms with Crippen molar-refractivity contribution in [1.29, 1.82) is 0 Å². The van der Waals surface area contributed by atoms with Crippen molar-refractivity contribution >= 4 is 34.7 Å². The van der Waals surface area contributed by atoms with Gasteiger partial charge in [0.15, 0.2) is 5.69 Å². The number of benzene rings is 1. The van der Waals surface area contributed by atoms with Gasteiger partial charge >= 0.3 is 5.97 Å². The fourth-order valence-electron chi connectivity index (χ4n) is 2.69. The fraction of sp³-hybridized carbons (Fsp3) is 0.158. The summed E-state index contributed by atoms with van der Waals surface area (Å²) in [5.74, 6) is -1.49. The third-order valence-corrected chi connectivity index (χ3v) is 3.97. The first-order chi connectivity index (χ1) is 14.0. The molecule has 2 heterocycles. The highest BCUT2D eigenvalue weighted by Gasteiger charge is 2.19. The molecule has 0 saturated carbocycles. The standard InChI is InChI=1S/C19H17N5O5/c1-2-29-16(25)11-24-15-6-4-3-5-14(15)17(19(24)27)22-23-18(26)12-7-8-13(10-21-28)20-9-12/h3-10,27-28H,2,11H2,1H3/b21-10-,23-22?. The summed E-state index contributed by atoms with van der Waals surface area (Å²) in [6.07, 6.45) is 2.38. The number of oxime groups is 1. The molecular formula is C19H17N5O5. The first-order valence-corrected chi connectivity index (χ1v) is 8.60. The van der Waals surface area contributed by atoms with E-state index < -0.39 is 11.9 Å². The summed E-state index contributed by atoms with van der Waals surface area (Å²) >= 11 is 0. The summed E-state index contributed by atoms with van der Waals surface area (Å²) in [7, 11) is 0. The van der Waals surface area contributed by atoms with Crippen molar-refractivity contribution in [2.24, 2.45) is 15.4 Å². The van der Waals surface area contributed by atoms with Gasteiger partial charge in [-0.1, -0.05) is 23.4 Å². The van der Waals surface area contributed by atoms with Gasteiger partial charge in [-0.25, -0.2) is 0 Å². The van der Waals surface area contributed by atoms with Crippen LogP contribution in [0.3, 0.4) is 0 Å². The van der Waals surface area contributed by atoms with Crippen LogP contribution < -0.4 is 0 Å². The number of nitrogens with zero attached hydrogens (tertiary/aromatic N) is 5. The fourth-order valence-corrected chi connectivity index (χ4v) is 2.69. The SMILES string of the molecule is CCOC(=O)Cn1c(O)c(N=NC(=O)c2ccc(/C=N\O)nc2)c2ccccc21. The molecule has 2 aromatic heterocycles. The van der Waals surface area contributed by atoms with E-state index in [1.165, 1.54) is 22.9 Å². The minimum absolute atomic E-state index is 0.0650. The van der Waals surface area contributed by atoms with Crippen LogP contribution in [0.1, 0.15) is 23.0 Å². The lowest BCUT2D eigenvalue weighted by molar-refractivity contribution is -0.143. The second kappa shape index (κ2) is 8.74. The Hall–Kier alpha value is -4.08. The van der Waals surface area contributed by atoms with E-state index in [-0.39, 0.29) is 30.3 Å². The average Bonchev–Trinajstić information content (AvgIpc) is 2.98. The maximum absolute atomic E-state index is 12.3. The highest BCUT2D eigenvalue weighted by atomic mass is 16.5. The Balaban J connectivity index is 1.92. The van der Waals surface area contributed by atoms with E-state index in [9.17, 15) is 14.7 Å². The zero-order valence-corrected chi connectivity index (χ0v) is 15.4. The van der Waals surface area contributed by atoms with Crippen molar-refractivity contribution in [2.75, 3.05) is 6.61 Å². The Morgan fingerprint density at radius 2 is 2.03 bits per heavy atom. The lowest BCUT2D eigenvalue weighted by atomic mass is 10.2. The van der Waals surface area contributed by atoms with Gasteiger partial charge in [0.1, 0.15) is 6.54 Å². The van der Waals surface area contributed by atoms with Crippen LogP contribution in [0.2, 0.25) is 0 Å². The van der Waals surface area contributed by atoms with Gasteiger partial charge in [0.05, 0.1) is 29.6 Å². The number of para-hydroxylation sites is 1. The Morgan fingerprint density at radius 3 is 2.72 bits per heavy atom. The molecule has 0 aliphatic carbocycles. The van der Waals surface area contributed by atoms with Crippen LogP contribution in [0.5, 0.6) is 5.88 Å². The monoisotopic (exact) mass is 395 g/mol. The molecule has 1 aromatic carbocycles. The zero-order chi connectivity index (χ0) is 20.8. The number of aromatic nitrogens is 2. The summed E-state index contributed by atoms with van der Waals surface area (Å²) in [5, 5.41) is 30.0. The zero-order valence-electron chi connectivity index (χ0n) is 15.4. The van der Waals surface area contributed by atoms with E-state index >= 15 is 0 Å². The number of esters is 1. The highest BCUT2D eigenvalue weighted by molar-refractivity contribution is 5.98. The van der Waals surface area contributed by atoms with E-state index in [0.29, 0.717) is 16.6 Å². The molecule has 2 N–H and O–H groups in total. The Kier molecular flexibility index (Phi) is 5.93. The van der Waals surface area contributed by atoms with Gasteiger partial charge in [-0.15, -0.1) is 10.2 Å². The van der Waals surface area contributed by atoms with Crippen LogP contribution in [-0.2, 0) is 16.1 Å². The molecular weight excluding hydrogens is 378 g/mol. The second-order valence-corrected chi connectivity index (χ2v) is 5.80. The Morgan fingerprint density at radius 1 is 1.24 bits per heavy atom. The number of pyridine rings is 1. The van der Waals surface area contributed by atoms with Crippen LogP contribution in [0.15, 0.2) is 58.0 Å². The van der Waals surface area contributed by atoms with Crippen molar-refractivity contribution < 1.29 is 24.6 Å². The third kappa shape index (κ3) is 4.26. The van der Waals surface area contributed by atoms with Crippen molar-refractivity contribution in [3.63, 3.8) is 0 Å². The van der Waals surface area contributed by atoms with Crippen molar-refractivity contribution in [2.45, 2.75) is 13.5 Å². The molecule has 1 amide bonds. The normalized spacial score (nSPS) is 11.5. The van der Waals surface area contributed by atoms with Gasteiger partial charge in [-0.3, -0.25) is 19.1 Å². The van der Waals surface area contributed by atoms with Crippen LogP contribution in [0.25, 0.3) is 10.9 Å². The molecule has 0 fully saturated rings. The summed E-state index contributed by atoms with van der Waals surface area (Å²) < 4.78 is 6.28. The summed E-state index contributed by atoms with van der Waals surface area (Å²) in [6, 6.07) is 9.82. The predicted molar refractivity (Wildman–Crippen MR) is 103 cm³/mol. The lowest BCUT2D eigenvalue weighted by Gasteiger charge is -2.06. The molecule has 0 saturated heterocycles. The third-order valence-electron chi connectivity index (χ3n) is 3.97. The quantitative estimate of drug-likeness (QED) is 0.216. The van der Waals surface area contributed by atoms with Gasteiger partial charge in [-0.05, 0) is 25.1 Å². The van der Waals surface area contributed by atoms with Gasteiger partial charge in [0.25, 0.3) is 5.91 Å². The second-order valence-electron chi connectivity index (χ2n) is 5.80. The molecule has 0 aliphatic rings. The number of azo groups is 1. The van der Waals surface area contributed by atoms with Gasteiger partial charge in [0, 0.05) is 11.6 Å². The van der Waals surface area contributed by atoms with Gasteiger partial charge < -0.3 is 15.1 Å². The molecule has 0 atom stereocenters. The molecule has 148 valence electrons. The number of ether oxygens (including phenoxy) is 1. The van der Waals surface area contributed by atoms with E-state index in [1.54, 1.807) is 31.2 Å². The Labute approximate surface area is 164 Å². The number of hydrogen-bond acceptors (Lipinski definition) is 8. The minimum atomic E-state index is -0.674. The molecule has 3 aromatic rings. The van der Waals surface area contributed by atoms with Crippen LogP contribution in [-0.4, -0.2) is 44.6 Å². The molecule has 0 aliphatic heterocycles. The molecule has 3 rings (SSSR count). The van der Waals surface area contributed by atoms with Crippen molar-refractivity contribution in [3.05, 3.63) is 53.9 Å². The predicted octanol–water partition coefficient (Wildman–Crippen LogP) is 3.04.